The first-order chi connectivity index (χ1) is 7.64. The number of aromatic nitrogens is 1. The maximum atomic E-state index is 12.1. The van der Waals surface area contributed by atoms with Gasteiger partial charge in [-0.1, -0.05) is 0 Å². The minimum Gasteiger partial charge on any atom is -0.330 e. The van der Waals surface area contributed by atoms with Crippen LogP contribution in [0.15, 0.2) is 29.4 Å². The first kappa shape index (κ1) is 11.5. The summed E-state index contributed by atoms with van der Waals surface area (Å²) in [6, 6.07) is 3.20. The lowest BCUT2D eigenvalue weighted by molar-refractivity contribution is 0.459. The molecular formula is C10H15N3O2S. The van der Waals surface area contributed by atoms with Crippen molar-refractivity contribution >= 4 is 10.0 Å². The van der Waals surface area contributed by atoms with E-state index in [0.29, 0.717) is 19.6 Å². The highest BCUT2D eigenvalue weighted by Gasteiger charge is 2.31. The van der Waals surface area contributed by atoms with Gasteiger partial charge in [0.15, 0.2) is 0 Å². The molecule has 2 N–H and O–H groups in total. The number of hydrogen-bond donors (Lipinski definition) is 1. The topological polar surface area (TPSA) is 76.3 Å². The van der Waals surface area contributed by atoms with E-state index in [4.69, 9.17) is 5.73 Å². The van der Waals surface area contributed by atoms with Crippen LogP contribution in [0.3, 0.4) is 0 Å². The molecule has 0 amide bonds. The average Bonchev–Trinajstić information content (AvgIpc) is 2.79. The van der Waals surface area contributed by atoms with Crippen LogP contribution in [0.25, 0.3) is 0 Å². The third-order valence-corrected chi connectivity index (χ3v) is 4.70. The van der Waals surface area contributed by atoms with Gasteiger partial charge < -0.3 is 5.73 Å². The highest BCUT2D eigenvalue weighted by atomic mass is 32.2. The van der Waals surface area contributed by atoms with Gasteiger partial charge in [-0.25, -0.2) is 8.42 Å². The molecule has 1 atom stereocenters. The summed E-state index contributed by atoms with van der Waals surface area (Å²) >= 11 is 0. The zero-order chi connectivity index (χ0) is 11.6. The number of pyridine rings is 1. The third kappa shape index (κ3) is 2.09. The maximum absolute atomic E-state index is 12.1. The molecule has 88 valence electrons. The number of nitrogens with two attached hydrogens (primary N) is 1. The number of sulfonamides is 1. The largest absolute Gasteiger partial charge is 0.330 e. The van der Waals surface area contributed by atoms with E-state index in [-0.39, 0.29) is 10.8 Å². The summed E-state index contributed by atoms with van der Waals surface area (Å²) in [6.45, 7) is 1.62. The minimum absolute atomic E-state index is 0.257. The fraction of sp³-hybridized carbons (Fsp3) is 0.500. The molecule has 1 unspecified atom stereocenters. The van der Waals surface area contributed by atoms with Gasteiger partial charge in [-0.05, 0) is 31.0 Å². The van der Waals surface area contributed by atoms with E-state index in [9.17, 15) is 8.42 Å². The summed E-state index contributed by atoms with van der Waals surface area (Å²) in [6.07, 6.45) is 3.78. The molecule has 1 aromatic rings. The van der Waals surface area contributed by atoms with Crippen LogP contribution in [-0.2, 0) is 10.0 Å². The average molecular weight is 241 g/mol. The van der Waals surface area contributed by atoms with Gasteiger partial charge in [0, 0.05) is 25.5 Å². The lowest BCUT2D eigenvalue weighted by Gasteiger charge is -2.15. The standard InChI is InChI=1S/C10H15N3O2S/c11-6-9-3-5-13(8-9)16(14,15)10-2-1-4-12-7-10/h1-2,4,7,9H,3,5-6,8,11H2. The van der Waals surface area contributed by atoms with Gasteiger partial charge in [0.25, 0.3) is 0 Å². The molecule has 0 saturated carbocycles. The van der Waals surface area contributed by atoms with Gasteiger partial charge in [0.2, 0.25) is 10.0 Å². The van der Waals surface area contributed by atoms with E-state index in [2.05, 4.69) is 4.98 Å². The quantitative estimate of drug-likeness (QED) is 0.811. The normalized spacial score (nSPS) is 22.4. The summed E-state index contributed by atoms with van der Waals surface area (Å²) in [4.78, 5) is 4.09. The molecule has 0 radical (unpaired) electrons. The van der Waals surface area contributed by atoms with Gasteiger partial charge in [-0.2, -0.15) is 4.31 Å². The van der Waals surface area contributed by atoms with Crippen molar-refractivity contribution < 1.29 is 8.42 Å². The summed E-state index contributed by atoms with van der Waals surface area (Å²) in [5.74, 6) is 0.284. The predicted octanol–water partition coefficient (Wildman–Crippen LogP) is 0.0509. The Morgan fingerprint density at radius 3 is 2.94 bits per heavy atom. The smallest absolute Gasteiger partial charge is 0.244 e. The first-order valence-electron chi connectivity index (χ1n) is 5.25. The van der Waals surface area contributed by atoms with Crippen molar-refractivity contribution in [1.82, 2.24) is 9.29 Å². The number of rotatable bonds is 3. The summed E-state index contributed by atoms with van der Waals surface area (Å²) < 4.78 is 25.8. The molecule has 1 aliphatic rings. The highest BCUT2D eigenvalue weighted by Crippen LogP contribution is 2.22. The Bertz CT molecular complexity index is 446. The Kier molecular flexibility index (Phi) is 3.22. The molecule has 1 aromatic heterocycles. The molecule has 5 nitrogen and oxygen atoms in total. The Morgan fingerprint density at radius 2 is 2.38 bits per heavy atom. The van der Waals surface area contributed by atoms with Gasteiger partial charge in [-0.3, -0.25) is 4.98 Å². The van der Waals surface area contributed by atoms with Gasteiger partial charge >= 0.3 is 0 Å². The Balaban J connectivity index is 2.21. The minimum atomic E-state index is -3.37. The Labute approximate surface area is 95.3 Å². The molecular weight excluding hydrogens is 226 g/mol. The fourth-order valence-electron chi connectivity index (χ4n) is 1.86. The van der Waals surface area contributed by atoms with E-state index in [1.165, 1.54) is 10.5 Å². The van der Waals surface area contributed by atoms with Crippen LogP contribution >= 0.6 is 0 Å². The van der Waals surface area contributed by atoms with Gasteiger partial charge in [0.05, 0.1) is 0 Å². The number of hydrogen-bond acceptors (Lipinski definition) is 4. The maximum Gasteiger partial charge on any atom is 0.244 e. The summed E-state index contributed by atoms with van der Waals surface area (Å²) in [5.41, 5.74) is 5.54. The lowest BCUT2D eigenvalue weighted by Crippen LogP contribution is -2.30. The van der Waals surface area contributed by atoms with Crippen LogP contribution in [0.4, 0.5) is 0 Å². The SMILES string of the molecule is NCC1CCN(S(=O)(=O)c2cccnc2)C1. The Hall–Kier alpha value is -0.980. The van der Waals surface area contributed by atoms with Crippen LogP contribution in [0.1, 0.15) is 6.42 Å². The van der Waals surface area contributed by atoms with E-state index in [1.54, 1.807) is 18.3 Å². The molecule has 1 saturated heterocycles. The molecule has 1 aliphatic heterocycles. The molecule has 6 heteroatoms. The predicted molar refractivity (Wildman–Crippen MR) is 60.2 cm³/mol. The molecule has 0 spiro atoms. The van der Waals surface area contributed by atoms with Crippen LogP contribution < -0.4 is 5.73 Å². The monoisotopic (exact) mass is 241 g/mol. The molecule has 1 fully saturated rings. The molecule has 0 aliphatic carbocycles. The Morgan fingerprint density at radius 1 is 1.56 bits per heavy atom. The molecule has 0 aromatic carbocycles. The number of nitrogens with zero attached hydrogens (tertiary/aromatic N) is 2. The highest BCUT2D eigenvalue weighted by molar-refractivity contribution is 7.89. The second-order valence-electron chi connectivity index (χ2n) is 3.94. The molecule has 16 heavy (non-hydrogen) atoms. The summed E-state index contributed by atoms with van der Waals surface area (Å²) in [5, 5.41) is 0. The first-order valence-corrected chi connectivity index (χ1v) is 6.69. The van der Waals surface area contributed by atoms with Crippen molar-refractivity contribution in [3.8, 4) is 0 Å². The second-order valence-corrected chi connectivity index (χ2v) is 5.88. The van der Waals surface area contributed by atoms with E-state index >= 15 is 0 Å². The van der Waals surface area contributed by atoms with E-state index in [1.807, 2.05) is 0 Å². The van der Waals surface area contributed by atoms with Crippen LogP contribution in [0.2, 0.25) is 0 Å². The van der Waals surface area contributed by atoms with Crippen LogP contribution in [0, 0.1) is 5.92 Å². The van der Waals surface area contributed by atoms with E-state index in [0.717, 1.165) is 6.42 Å². The van der Waals surface area contributed by atoms with Crippen molar-refractivity contribution in [2.75, 3.05) is 19.6 Å². The van der Waals surface area contributed by atoms with Crippen molar-refractivity contribution in [3.63, 3.8) is 0 Å². The van der Waals surface area contributed by atoms with Crippen LogP contribution in [0.5, 0.6) is 0 Å². The third-order valence-electron chi connectivity index (χ3n) is 2.85. The van der Waals surface area contributed by atoms with Crippen LogP contribution in [-0.4, -0.2) is 37.3 Å². The van der Waals surface area contributed by atoms with Crippen molar-refractivity contribution in [2.24, 2.45) is 11.7 Å². The zero-order valence-electron chi connectivity index (χ0n) is 8.91. The van der Waals surface area contributed by atoms with Crippen molar-refractivity contribution in [1.29, 1.82) is 0 Å². The van der Waals surface area contributed by atoms with Gasteiger partial charge in [-0.15, -0.1) is 0 Å². The lowest BCUT2D eigenvalue weighted by atomic mass is 10.1. The zero-order valence-corrected chi connectivity index (χ0v) is 9.73. The van der Waals surface area contributed by atoms with Gasteiger partial charge in [0.1, 0.15) is 4.90 Å². The molecule has 2 heterocycles. The molecule has 2 rings (SSSR count). The van der Waals surface area contributed by atoms with Crippen molar-refractivity contribution in [2.45, 2.75) is 11.3 Å². The fourth-order valence-corrected chi connectivity index (χ4v) is 3.35. The summed E-state index contributed by atoms with van der Waals surface area (Å²) in [7, 11) is -3.37. The molecule has 0 bridgehead atoms. The second kappa shape index (κ2) is 4.48. The van der Waals surface area contributed by atoms with Crippen molar-refractivity contribution in [3.05, 3.63) is 24.5 Å². The van der Waals surface area contributed by atoms with E-state index < -0.39 is 10.0 Å².